The van der Waals surface area contributed by atoms with E-state index in [0.29, 0.717) is 0 Å². The molecule has 0 aliphatic heterocycles. The van der Waals surface area contributed by atoms with Gasteiger partial charge in [-0.25, -0.2) is 0 Å². The fourth-order valence-corrected chi connectivity index (χ4v) is 0.474. The third kappa shape index (κ3) is 1.17. The molecule has 1 aromatic heterocycles. The molecule has 46 valence electrons. The van der Waals surface area contributed by atoms with Crippen LogP contribution in [0.5, 0.6) is 0 Å². The number of nitrogens with two attached hydrogens (primary N) is 1. The lowest BCUT2D eigenvalue weighted by Gasteiger charge is -1.89. The molecule has 8 heavy (non-hydrogen) atoms. The first kappa shape index (κ1) is 7.37. The van der Waals surface area contributed by atoms with Gasteiger partial charge in [0.25, 0.3) is 0 Å². The summed E-state index contributed by atoms with van der Waals surface area (Å²) in [6.07, 6.45) is 1.91. The molecule has 1 rings (SSSR count). The normalized spacial score (nSPS) is 8.12. The minimum absolute atomic E-state index is 0. The van der Waals surface area contributed by atoms with Crippen molar-refractivity contribution in [2.75, 3.05) is 5.73 Å². The zero-order chi connectivity index (χ0) is 5.28. The molecule has 0 spiro atoms. The number of hydrogen-bond donors (Lipinski definition) is 1. The van der Waals surface area contributed by atoms with Crippen molar-refractivity contribution in [3.63, 3.8) is 0 Å². The second-order valence-electron chi connectivity index (χ2n) is 1.54. The first-order chi connectivity index (χ1) is 3.30. The first-order valence-electron chi connectivity index (χ1n) is 2.17. The van der Waals surface area contributed by atoms with E-state index in [0.717, 1.165) is 5.82 Å². The second-order valence-corrected chi connectivity index (χ2v) is 1.54. The molecule has 0 aliphatic rings. The van der Waals surface area contributed by atoms with Crippen LogP contribution in [0.4, 0.5) is 5.82 Å². The number of aryl methyl sites for hydroxylation is 1. The van der Waals surface area contributed by atoms with E-state index >= 15 is 0 Å². The number of nitrogens with zero attached hydrogens (tertiary/aromatic N) is 1. The van der Waals surface area contributed by atoms with Crippen molar-refractivity contribution in [1.29, 1.82) is 0 Å². The van der Waals surface area contributed by atoms with Crippen LogP contribution in [0.3, 0.4) is 0 Å². The number of rotatable bonds is 0. The minimum atomic E-state index is 0. The molecule has 0 aromatic carbocycles. The van der Waals surface area contributed by atoms with E-state index in [9.17, 15) is 0 Å². The van der Waals surface area contributed by atoms with Crippen LogP contribution >= 0.6 is 12.4 Å². The van der Waals surface area contributed by atoms with Gasteiger partial charge in [0, 0.05) is 13.2 Å². The summed E-state index contributed by atoms with van der Waals surface area (Å²) in [5, 5.41) is 0. The van der Waals surface area contributed by atoms with Crippen molar-refractivity contribution in [2.45, 2.75) is 0 Å². The maximum atomic E-state index is 5.40. The van der Waals surface area contributed by atoms with E-state index in [4.69, 9.17) is 5.73 Å². The van der Waals surface area contributed by atoms with Gasteiger partial charge < -0.3 is 10.3 Å². The molecule has 0 atom stereocenters. The number of halogens is 1. The highest BCUT2D eigenvalue weighted by atomic mass is 35.5. The van der Waals surface area contributed by atoms with E-state index in [-0.39, 0.29) is 12.4 Å². The first-order valence-corrected chi connectivity index (χ1v) is 2.17. The lowest BCUT2D eigenvalue weighted by molar-refractivity contribution is 0.941. The lowest BCUT2D eigenvalue weighted by Crippen LogP contribution is -1.92. The Morgan fingerprint density at radius 2 is 2.25 bits per heavy atom. The fraction of sp³-hybridized carbons (Fsp3) is 0.200. The molecule has 2 nitrogen and oxygen atoms in total. The van der Waals surface area contributed by atoms with Gasteiger partial charge in [-0.05, 0) is 12.1 Å². The molecular weight excluding hydrogens is 124 g/mol. The summed E-state index contributed by atoms with van der Waals surface area (Å²) < 4.78 is 1.86. The van der Waals surface area contributed by atoms with E-state index in [2.05, 4.69) is 0 Å². The standard InChI is InChI=1S/C5H8N2.ClH/c1-7-4-2-3-5(7)6;/h2-4H,6H2,1H3;1H. The van der Waals surface area contributed by atoms with Crippen molar-refractivity contribution < 1.29 is 0 Å². The number of nitrogen functional groups attached to an aromatic ring is 1. The predicted molar refractivity (Wildman–Crippen MR) is 37.1 cm³/mol. The summed E-state index contributed by atoms with van der Waals surface area (Å²) >= 11 is 0. The van der Waals surface area contributed by atoms with Gasteiger partial charge in [0.15, 0.2) is 0 Å². The third-order valence-corrected chi connectivity index (χ3v) is 0.984. The van der Waals surface area contributed by atoms with Crippen molar-refractivity contribution in [3.05, 3.63) is 18.3 Å². The number of hydrogen-bond acceptors (Lipinski definition) is 1. The monoisotopic (exact) mass is 132 g/mol. The van der Waals surface area contributed by atoms with Crippen LogP contribution in [0.25, 0.3) is 0 Å². The van der Waals surface area contributed by atoms with Gasteiger partial charge in [0.1, 0.15) is 5.82 Å². The fourth-order valence-electron chi connectivity index (χ4n) is 0.474. The highest BCUT2D eigenvalue weighted by Gasteiger charge is 1.82. The Balaban J connectivity index is 0.000000490. The second kappa shape index (κ2) is 2.62. The molecule has 0 bridgehead atoms. The van der Waals surface area contributed by atoms with Crippen LogP contribution in [-0.4, -0.2) is 4.57 Å². The van der Waals surface area contributed by atoms with E-state index in [1.165, 1.54) is 0 Å². The quantitative estimate of drug-likeness (QED) is 0.562. The van der Waals surface area contributed by atoms with Crippen molar-refractivity contribution in [1.82, 2.24) is 4.57 Å². The molecule has 1 aromatic rings. The van der Waals surface area contributed by atoms with Gasteiger partial charge in [0.05, 0.1) is 0 Å². The minimum Gasteiger partial charge on any atom is -0.385 e. The Morgan fingerprint density at radius 1 is 1.62 bits per heavy atom. The van der Waals surface area contributed by atoms with Gasteiger partial charge in [-0.3, -0.25) is 0 Å². The van der Waals surface area contributed by atoms with Gasteiger partial charge in [0.2, 0.25) is 0 Å². The molecule has 0 unspecified atom stereocenters. The highest BCUT2D eigenvalue weighted by molar-refractivity contribution is 5.85. The Morgan fingerprint density at radius 3 is 2.38 bits per heavy atom. The zero-order valence-electron chi connectivity index (χ0n) is 4.66. The Labute approximate surface area is 54.7 Å². The maximum absolute atomic E-state index is 5.40. The average molecular weight is 133 g/mol. The smallest absolute Gasteiger partial charge is 0.102 e. The van der Waals surface area contributed by atoms with Crippen molar-refractivity contribution >= 4 is 18.2 Å². The van der Waals surface area contributed by atoms with Crippen molar-refractivity contribution in [3.8, 4) is 0 Å². The third-order valence-electron chi connectivity index (χ3n) is 0.984. The maximum Gasteiger partial charge on any atom is 0.102 e. The molecule has 0 aliphatic carbocycles. The van der Waals surface area contributed by atoms with E-state index in [1.807, 2.05) is 29.9 Å². The summed E-state index contributed by atoms with van der Waals surface area (Å²) in [5.74, 6) is 0.806. The molecular formula is C5H9ClN2. The van der Waals surface area contributed by atoms with Crippen LogP contribution in [0, 0.1) is 0 Å². The highest BCUT2D eigenvalue weighted by Crippen LogP contribution is 1.97. The Kier molecular flexibility index (Phi) is 2.42. The van der Waals surface area contributed by atoms with Gasteiger partial charge in [-0.15, -0.1) is 12.4 Å². The molecule has 1 heterocycles. The van der Waals surface area contributed by atoms with E-state index < -0.39 is 0 Å². The molecule has 0 radical (unpaired) electrons. The number of aromatic nitrogens is 1. The summed E-state index contributed by atoms with van der Waals surface area (Å²) in [6.45, 7) is 0. The molecule has 0 saturated heterocycles. The van der Waals surface area contributed by atoms with E-state index in [1.54, 1.807) is 0 Å². The Bertz CT molecular complexity index is 143. The van der Waals surface area contributed by atoms with Crippen LogP contribution in [0.1, 0.15) is 0 Å². The van der Waals surface area contributed by atoms with Crippen LogP contribution in [0.15, 0.2) is 18.3 Å². The summed E-state index contributed by atoms with van der Waals surface area (Å²) in [7, 11) is 1.91. The van der Waals surface area contributed by atoms with Crippen LogP contribution < -0.4 is 5.73 Å². The molecule has 3 heteroatoms. The van der Waals surface area contributed by atoms with Crippen molar-refractivity contribution in [2.24, 2.45) is 7.05 Å². The SMILES string of the molecule is Cl.Cn1cccc1N. The van der Waals surface area contributed by atoms with Crippen LogP contribution in [-0.2, 0) is 7.05 Å². The summed E-state index contributed by atoms with van der Waals surface area (Å²) in [5.41, 5.74) is 5.40. The van der Waals surface area contributed by atoms with Crippen LogP contribution in [0.2, 0.25) is 0 Å². The molecule has 0 fully saturated rings. The molecule has 0 amide bonds. The predicted octanol–water partition coefficient (Wildman–Crippen LogP) is 1.03. The largest absolute Gasteiger partial charge is 0.385 e. The van der Waals surface area contributed by atoms with Gasteiger partial charge in [-0.2, -0.15) is 0 Å². The summed E-state index contributed by atoms with van der Waals surface area (Å²) in [6, 6.07) is 3.77. The Hall–Kier alpha value is -0.630. The lowest BCUT2D eigenvalue weighted by atomic mass is 10.6. The number of anilines is 1. The topological polar surface area (TPSA) is 30.9 Å². The summed E-state index contributed by atoms with van der Waals surface area (Å²) in [4.78, 5) is 0. The average Bonchev–Trinajstić information content (AvgIpc) is 1.91. The van der Waals surface area contributed by atoms with Gasteiger partial charge >= 0.3 is 0 Å². The van der Waals surface area contributed by atoms with Gasteiger partial charge in [-0.1, -0.05) is 0 Å². The molecule has 2 N–H and O–H groups in total. The zero-order valence-corrected chi connectivity index (χ0v) is 5.48. The molecule has 0 saturated carbocycles.